The van der Waals surface area contributed by atoms with Crippen molar-refractivity contribution < 1.29 is 9.53 Å². The Labute approximate surface area is 111 Å². The van der Waals surface area contributed by atoms with Crippen molar-refractivity contribution in [2.24, 2.45) is 0 Å². The first-order valence-electron chi connectivity index (χ1n) is 5.69. The predicted octanol–water partition coefficient (Wildman–Crippen LogP) is 2.53. The molecule has 0 heterocycles. The lowest BCUT2D eigenvalue weighted by molar-refractivity contribution is -0.120. The van der Waals surface area contributed by atoms with E-state index in [4.69, 9.17) is 4.74 Å². The van der Waals surface area contributed by atoms with E-state index in [-0.39, 0.29) is 5.91 Å². The predicted molar refractivity (Wildman–Crippen MR) is 72.7 cm³/mol. The Bertz CT molecular complexity index is 351. The van der Waals surface area contributed by atoms with Crippen LogP contribution in [0, 0.1) is 0 Å². The van der Waals surface area contributed by atoms with Gasteiger partial charge >= 0.3 is 0 Å². The Balaban J connectivity index is 2.39. The average molecular weight is 300 g/mol. The number of benzene rings is 1. The molecule has 0 saturated carbocycles. The Hall–Kier alpha value is -1.03. The van der Waals surface area contributed by atoms with Crippen LogP contribution in [0.2, 0.25) is 0 Å². The number of halogens is 1. The first kappa shape index (κ1) is 14.0. The Morgan fingerprint density at radius 3 is 2.59 bits per heavy atom. The highest BCUT2D eigenvalue weighted by molar-refractivity contribution is 9.09. The van der Waals surface area contributed by atoms with E-state index in [0.29, 0.717) is 17.8 Å². The molecule has 1 N–H and O–H groups in total. The number of amides is 1. The molecule has 0 aromatic heterocycles. The summed E-state index contributed by atoms with van der Waals surface area (Å²) in [5, 5.41) is 2.89. The summed E-state index contributed by atoms with van der Waals surface area (Å²) in [6, 6.07) is 7.54. The molecule has 0 radical (unpaired) electrons. The van der Waals surface area contributed by atoms with E-state index in [0.717, 1.165) is 17.7 Å². The van der Waals surface area contributed by atoms with Crippen molar-refractivity contribution in [1.82, 2.24) is 5.32 Å². The molecule has 1 unspecified atom stereocenters. The van der Waals surface area contributed by atoms with Crippen molar-refractivity contribution in [3.63, 3.8) is 0 Å². The van der Waals surface area contributed by atoms with Crippen molar-refractivity contribution in [2.45, 2.75) is 24.6 Å². The maximum atomic E-state index is 11.6. The summed E-state index contributed by atoms with van der Waals surface area (Å²) in [5.74, 6) is 0.855. The van der Waals surface area contributed by atoms with Gasteiger partial charge in [-0.2, -0.15) is 0 Å². The van der Waals surface area contributed by atoms with E-state index in [2.05, 4.69) is 28.2 Å². The SMILES string of the molecule is CCC(Br)CNC(=O)Cc1ccc(OC)cc1. The van der Waals surface area contributed by atoms with Crippen molar-refractivity contribution in [1.29, 1.82) is 0 Å². The number of hydrogen-bond acceptors (Lipinski definition) is 2. The van der Waals surface area contributed by atoms with Crippen LogP contribution in [0.1, 0.15) is 18.9 Å². The van der Waals surface area contributed by atoms with E-state index in [1.165, 1.54) is 0 Å². The zero-order valence-electron chi connectivity index (χ0n) is 10.2. The topological polar surface area (TPSA) is 38.3 Å². The van der Waals surface area contributed by atoms with Crippen molar-refractivity contribution in [2.75, 3.05) is 13.7 Å². The van der Waals surface area contributed by atoms with Crippen LogP contribution in [-0.4, -0.2) is 24.4 Å². The molecule has 3 nitrogen and oxygen atoms in total. The lowest BCUT2D eigenvalue weighted by atomic mass is 10.1. The third-order valence-corrected chi connectivity index (χ3v) is 3.46. The molecule has 1 aromatic carbocycles. The number of methoxy groups -OCH3 is 1. The molecule has 0 spiro atoms. The fourth-order valence-corrected chi connectivity index (χ4v) is 1.52. The van der Waals surface area contributed by atoms with Gasteiger partial charge in [0, 0.05) is 11.4 Å². The van der Waals surface area contributed by atoms with E-state index < -0.39 is 0 Å². The molecule has 17 heavy (non-hydrogen) atoms. The number of carbonyl (C=O) groups excluding carboxylic acids is 1. The number of alkyl halides is 1. The maximum absolute atomic E-state index is 11.6. The minimum atomic E-state index is 0.0491. The van der Waals surface area contributed by atoms with E-state index in [1.54, 1.807) is 7.11 Å². The fraction of sp³-hybridized carbons (Fsp3) is 0.462. The third kappa shape index (κ3) is 5.22. The second-order valence-electron chi connectivity index (χ2n) is 3.83. The Kier molecular flexibility index (Phi) is 6.05. The molecule has 1 atom stereocenters. The van der Waals surface area contributed by atoms with E-state index >= 15 is 0 Å². The van der Waals surface area contributed by atoms with Crippen LogP contribution in [0.4, 0.5) is 0 Å². The van der Waals surface area contributed by atoms with Crippen molar-refractivity contribution in [3.8, 4) is 5.75 Å². The highest BCUT2D eigenvalue weighted by atomic mass is 79.9. The quantitative estimate of drug-likeness (QED) is 0.820. The molecule has 1 rings (SSSR count). The minimum absolute atomic E-state index is 0.0491. The van der Waals surface area contributed by atoms with Gasteiger partial charge < -0.3 is 10.1 Å². The van der Waals surface area contributed by atoms with Crippen LogP contribution in [-0.2, 0) is 11.2 Å². The zero-order valence-corrected chi connectivity index (χ0v) is 11.8. The average Bonchev–Trinajstić information content (AvgIpc) is 2.36. The highest BCUT2D eigenvalue weighted by Crippen LogP contribution is 2.11. The molecule has 0 bridgehead atoms. The van der Waals surface area contributed by atoms with E-state index in [1.807, 2.05) is 24.3 Å². The Morgan fingerprint density at radius 2 is 2.06 bits per heavy atom. The summed E-state index contributed by atoms with van der Waals surface area (Å²) in [4.78, 5) is 12.0. The maximum Gasteiger partial charge on any atom is 0.224 e. The molecule has 0 saturated heterocycles. The molecule has 94 valence electrons. The zero-order chi connectivity index (χ0) is 12.7. The van der Waals surface area contributed by atoms with Gasteiger partial charge in [-0.1, -0.05) is 35.0 Å². The van der Waals surface area contributed by atoms with Gasteiger partial charge in [0.15, 0.2) is 0 Å². The lowest BCUT2D eigenvalue weighted by Crippen LogP contribution is -2.30. The van der Waals surface area contributed by atoms with Crippen LogP contribution in [0.5, 0.6) is 5.75 Å². The smallest absolute Gasteiger partial charge is 0.224 e. The van der Waals surface area contributed by atoms with Crippen molar-refractivity contribution >= 4 is 21.8 Å². The summed E-state index contributed by atoms with van der Waals surface area (Å²) in [6.45, 7) is 2.75. The van der Waals surface area contributed by atoms with Crippen molar-refractivity contribution in [3.05, 3.63) is 29.8 Å². The van der Waals surface area contributed by atoms with Crippen LogP contribution >= 0.6 is 15.9 Å². The molecule has 0 aliphatic carbocycles. The molecular weight excluding hydrogens is 282 g/mol. The van der Waals surface area contributed by atoms with Gasteiger partial charge in [0.1, 0.15) is 5.75 Å². The largest absolute Gasteiger partial charge is 0.497 e. The molecule has 0 aliphatic heterocycles. The van der Waals surface area contributed by atoms with Gasteiger partial charge in [-0.3, -0.25) is 4.79 Å². The second-order valence-corrected chi connectivity index (χ2v) is 5.13. The van der Waals surface area contributed by atoms with Gasteiger partial charge in [-0.25, -0.2) is 0 Å². The molecule has 0 aliphatic rings. The van der Waals surface area contributed by atoms with Gasteiger partial charge in [-0.15, -0.1) is 0 Å². The fourth-order valence-electron chi connectivity index (χ4n) is 1.36. The first-order valence-corrected chi connectivity index (χ1v) is 6.61. The normalized spacial score (nSPS) is 11.9. The minimum Gasteiger partial charge on any atom is -0.497 e. The molecule has 4 heteroatoms. The number of hydrogen-bond donors (Lipinski definition) is 1. The van der Waals surface area contributed by atoms with Gasteiger partial charge in [0.25, 0.3) is 0 Å². The molecular formula is C13H18BrNO2. The van der Waals surface area contributed by atoms with Gasteiger partial charge in [0.2, 0.25) is 5.91 Å². The summed E-state index contributed by atoms with van der Waals surface area (Å²) in [7, 11) is 1.63. The summed E-state index contributed by atoms with van der Waals surface area (Å²) >= 11 is 3.48. The van der Waals surface area contributed by atoms with Crippen LogP contribution in [0.25, 0.3) is 0 Å². The number of rotatable bonds is 6. The summed E-state index contributed by atoms with van der Waals surface area (Å²) in [6.07, 6.45) is 1.41. The third-order valence-electron chi connectivity index (χ3n) is 2.49. The molecule has 1 amide bonds. The van der Waals surface area contributed by atoms with E-state index in [9.17, 15) is 4.79 Å². The van der Waals surface area contributed by atoms with Crippen LogP contribution in [0.15, 0.2) is 24.3 Å². The molecule has 0 fully saturated rings. The standard InChI is InChI=1S/C13H18BrNO2/c1-3-11(14)9-15-13(16)8-10-4-6-12(17-2)7-5-10/h4-7,11H,3,8-9H2,1-2H3,(H,15,16). The van der Waals surface area contributed by atoms with Crippen LogP contribution < -0.4 is 10.1 Å². The highest BCUT2D eigenvalue weighted by Gasteiger charge is 2.06. The van der Waals surface area contributed by atoms with Gasteiger partial charge in [-0.05, 0) is 24.1 Å². The second kappa shape index (κ2) is 7.33. The number of nitrogens with one attached hydrogen (secondary N) is 1. The lowest BCUT2D eigenvalue weighted by Gasteiger charge is -2.09. The van der Waals surface area contributed by atoms with Crippen LogP contribution in [0.3, 0.4) is 0 Å². The van der Waals surface area contributed by atoms with Gasteiger partial charge in [0.05, 0.1) is 13.5 Å². The molecule has 1 aromatic rings. The number of ether oxygens (including phenoxy) is 1. The first-order chi connectivity index (χ1) is 8.15. The summed E-state index contributed by atoms with van der Waals surface area (Å²) in [5.41, 5.74) is 0.992. The summed E-state index contributed by atoms with van der Waals surface area (Å²) < 4.78 is 5.06. The Morgan fingerprint density at radius 1 is 1.41 bits per heavy atom. The number of carbonyl (C=O) groups is 1. The monoisotopic (exact) mass is 299 g/mol.